The van der Waals surface area contributed by atoms with E-state index in [4.69, 9.17) is 0 Å². The Bertz CT molecular complexity index is 848. The van der Waals surface area contributed by atoms with Gasteiger partial charge >= 0.3 is 0 Å². The number of benzene rings is 1. The van der Waals surface area contributed by atoms with Crippen molar-refractivity contribution in [3.05, 3.63) is 59.8 Å². The van der Waals surface area contributed by atoms with Crippen molar-refractivity contribution in [2.24, 2.45) is 5.41 Å². The molecule has 5 nitrogen and oxygen atoms in total. The Kier molecular flexibility index (Phi) is 5.67. The van der Waals surface area contributed by atoms with E-state index < -0.39 is 0 Å². The molecule has 2 fully saturated rings. The molecule has 2 aromatic rings. The number of aryl methyl sites for hydroxylation is 1. The molecule has 28 heavy (non-hydrogen) atoms. The summed E-state index contributed by atoms with van der Waals surface area (Å²) >= 11 is 1.64. The van der Waals surface area contributed by atoms with Crippen molar-refractivity contribution in [2.45, 2.75) is 30.7 Å². The van der Waals surface area contributed by atoms with Gasteiger partial charge < -0.3 is 10.2 Å². The number of rotatable bonds is 5. The quantitative estimate of drug-likeness (QED) is 0.790. The number of aromatic nitrogens is 1. The van der Waals surface area contributed by atoms with Crippen LogP contribution in [0.4, 0.5) is 0 Å². The van der Waals surface area contributed by atoms with Gasteiger partial charge in [0.15, 0.2) is 0 Å². The van der Waals surface area contributed by atoms with Gasteiger partial charge in [-0.05, 0) is 42.4 Å². The monoisotopic (exact) mass is 395 g/mol. The highest BCUT2D eigenvalue weighted by Gasteiger charge is 2.41. The van der Waals surface area contributed by atoms with Crippen LogP contribution in [0.15, 0.2) is 53.7 Å². The maximum Gasteiger partial charge on any atom is 0.256 e. The molecule has 146 valence electrons. The maximum atomic E-state index is 13.1. The smallest absolute Gasteiger partial charge is 0.256 e. The molecule has 1 aromatic carbocycles. The number of nitrogens with zero attached hydrogens (tertiary/aromatic N) is 2. The number of nitrogens with one attached hydrogen (secondary N) is 1. The van der Waals surface area contributed by atoms with Gasteiger partial charge in [0.25, 0.3) is 5.91 Å². The summed E-state index contributed by atoms with van der Waals surface area (Å²) in [6.07, 6.45) is 5.07. The molecule has 1 spiro atoms. The van der Waals surface area contributed by atoms with E-state index in [-0.39, 0.29) is 17.2 Å². The molecule has 1 N–H and O–H groups in total. The Labute approximate surface area is 169 Å². The average Bonchev–Trinajstić information content (AvgIpc) is 3.09. The van der Waals surface area contributed by atoms with E-state index in [2.05, 4.69) is 22.4 Å². The van der Waals surface area contributed by atoms with Crippen molar-refractivity contribution >= 4 is 23.6 Å². The number of amides is 2. The Morgan fingerprint density at radius 2 is 1.93 bits per heavy atom. The zero-order chi connectivity index (χ0) is 19.4. The van der Waals surface area contributed by atoms with Gasteiger partial charge in [-0.2, -0.15) is 0 Å². The van der Waals surface area contributed by atoms with Crippen LogP contribution >= 0.6 is 11.8 Å². The van der Waals surface area contributed by atoms with Gasteiger partial charge in [0, 0.05) is 38.0 Å². The van der Waals surface area contributed by atoms with Crippen LogP contribution in [0, 0.1) is 5.41 Å². The van der Waals surface area contributed by atoms with Crippen molar-refractivity contribution in [3.8, 4) is 0 Å². The van der Waals surface area contributed by atoms with E-state index in [1.807, 2.05) is 35.2 Å². The minimum absolute atomic E-state index is 0.0517. The first-order valence-corrected chi connectivity index (χ1v) is 10.8. The van der Waals surface area contributed by atoms with Crippen LogP contribution in [0.1, 0.15) is 35.2 Å². The van der Waals surface area contributed by atoms with Crippen LogP contribution in [-0.2, 0) is 11.2 Å². The minimum atomic E-state index is 0.0517. The molecule has 0 unspecified atom stereocenters. The van der Waals surface area contributed by atoms with E-state index in [1.165, 1.54) is 5.56 Å². The van der Waals surface area contributed by atoms with Crippen molar-refractivity contribution in [3.63, 3.8) is 0 Å². The average molecular weight is 396 g/mol. The lowest BCUT2D eigenvalue weighted by molar-refractivity contribution is -0.119. The molecule has 4 rings (SSSR count). The first-order chi connectivity index (χ1) is 13.7. The van der Waals surface area contributed by atoms with Crippen molar-refractivity contribution in [2.75, 3.05) is 25.4 Å². The highest BCUT2D eigenvalue weighted by Crippen LogP contribution is 2.38. The number of likely N-dealkylation sites (tertiary alicyclic amines) is 1. The van der Waals surface area contributed by atoms with E-state index in [1.54, 1.807) is 18.0 Å². The van der Waals surface area contributed by atoms with Gasteiger partial charge in [-0.15, -0.1) is 11.8 Å². The molecule has 0 bridgehead atoms. The van der Waals surface area contributed by atoms with Gasteiger partial charge in [-0.3, -0.25) is 9.59 Å². The van der Waals surface area contributed by atoms with Gasteiger partial charge in [0.1, 0.15) is 5.03 Å². The minimum Gasteiger partial charge on any atom is -0.356 e. The van der Waals surface area contributed by atoms with Gasteiger partial charge in [-0.1, -0.05) is 30.3 Å². The summed E-state index contributed by atoms with van der Waals surface area (Å²) in [5.74, 6) is 1.09. The fourth-order valence-electron chi connectivity index (χ4n) is 4.04. The summed E-state index contributed by atoms with van der Waals surface area (Å²) in [7, 11) is 0. The second-order valence-corrected chi connectivity index (χ2v) is 8.77. The highest BCUT2D eigenvalue weighted by atomic mass is 32.2. The first kappa shape index (κ1) is 19.0. The number of pyridine rings is 1. The molecule has 0 aliphatic carbocycles. The fraction of sp³-hybridized carbons (Fsp3) is 0.409. The van der Waals surface area contributed by atoms with Crippen molar-refractivity contribution in [1.82, 2.24) is 15.2 Å². The standard InChI is InChI=1S/C22H25N3O2S/c26-19-15-22(16-24-19)9-12-25(13-10-22)21(27)18-7-4-11-23-20(18)28-14-8-17-5-2-1-3-6-17/h1-7,11H,8-10,12-16H2,(H,24,26). The molecule has 1 aromatic heterocycles. The molecule has 3 heterocycles. The lowest BCUT2D eigenvalue weighted by atomic mass is 9.77. The molecule has 6 heteroatoms. The number of hydrogen-bond acceptors (Lipinski definition) is 4. The molecule has 2 aliphatic heterocycles. The van der Waals surface area contributed by atoms with Crippen LogP contribution in [-0.4, -0.2) is 47.1 Å². The second-order valence-electron chi connectivity index (χ2n) is 7.69. The Hall–Kier alpha value is -2.34. The first-order valence-electron chi connectivity index (χ1n) is 9.83. The van der Waals surface area contributed by atoms with Gasteiger partial charge in [0.05, 0.1) is 5.56 Å². The summed E-state index contributed by atoms with van der Waals surface area (Å²) in [6.45, 7) is 2.16. The van der Waals surface area contributed by atoms with E-state index in [0.29, 0.717) is 25.1 Å². The van der Waals surface area contributed by atoms with Crippen molar-refractivity contribution < 1.29 is 9.59 Å². The number of hydrogen-bond donors (Lipinski definition) is 1. The Morgan fingerprint density at radius 3 is 2.64 bits per heavy atom. The molecule has 0 saturated carbocycles. The molecule has 2 aliphatic rings. The fourth-order valence-corrected chi connectivity index (χ4v) is 5.02. The third-order valence-electron chi connectivity index (χ3n) is 5.78. The molecular weight excluding hydrogens is 370 g/mol. The largest absolute Gasteiger partial charge is 0.356 e. The molecule has 2 saturated heterocycles. The molecule has 0 radical (unpaired) electrons. The molecule has 2 amide bonds. The number of carbonyl (C=O) groups is 2. The van der Waals surface area contributed by atoms with Gasteiger partial charge in [0.2, 0.25) is 5.91 Å². The van der Waals surface area contributed by atoms with Crippen LogP contribution in [0.25, 0.3) is 0 Å². The normalized spacial score (nSPS) is 18.3. The van der Waals surface area contributed by atoms with Crippen molar-refractivity contribution in [1.29, 1.82) is 0 Å². The zero-order valence-electron chi connectivity index (χ0n) is 15.9. The summed E-state index contributed by atoms with van der Waals surface area (Å²) in [4.78, 5) is 31.1. The van der Waals surface area contributed by atoms with Crippen LogP contribution in [0.5, 0.6) is 0 Å². The summed E-state index contributed by atoms with van der Waals surface area (Å²) in [6, 6.07) is 14.1. The summed E-state index contributed by atoms with van der Waals surface area (Å²) in [5.41, 5.74) is 2.03. The molecular formula is C22H25N3O2S. The highest BCUT2D eigenvalue weighted by molar-refractivity contribution is 7.99. The lowest BCUT2D eigenvalue weighted by Crippen LogP contribution is -2.44. The van der Waals surface area contributed by atoms with E-state index in [9.17, 15) is 9.59 Å². The zero-order valence-corrected chi connectivity index (χ0v) is 16.7. The number of piperidine rings is 1. The Balaban J connectivity index is 1.37. The third kappa shape index (κ3) is 4.22. The Morgan fingerprint density at radius 1 is 1.14 bits per heavy atom. The van der Waals surface area contributed by atoms with E-state index >= 15 is 0 Å². The second kappa shape index (κ2) is 8.35. The predicted octanol–water partition coefficient (Wildman–Crippen LogP) is 3.16. The number of carbonyl (C=O) groups excluding carboxylic acids is 2. The predicted molar refractivity (Wildman–Crippen MR) is 110 cm³/mol. The summed E-state index contributed by atoms with van der Waals surface area (Å²) < 4.78 is 0. The van der Waals surface area contributed by atoms with Crippen LogP contribution in [0.3, 0.4) is 0 Å². The third-order valence-corrected chi connectivity index (χ3v) is 6.79. The van der Waals surface area contributed by atoms with Gasteiger partial charge in [-0.25, -0.2) is 4.98 Å². The lowest BCUT2D eigenvalue weighted by Gasteiger charge is -2.38. The summed E-state index contributed by atoms with van der Waals surface area (Å²) in [5, 5.41) is 3.75. The van der Waals surface area contributed by atoms with Crippen LogP contribution in [0.2, 0.25) is 0 Å². The van der Waals surface area contributed by atoms with E-state index in [0.717, 1.165) is 36.6 Å². The topological polar surface area (TPSA) is 62.3 Å². The SMILES string of the molecule is O=C1CC2(CCN(C(=O)c3cccnc3SCCc3ccccc3)CC2)CN1. The van der Waals surface area contributed by atoms with Crippen LogP contribution < -0.4 is 5.32 Å². The maximum absolute atomic E-state index is 13.1. The number of thioether (sulfide) groups is 1. The molecule has 0 atom stereocenters.